The van der Waals surface area contributed by atoms with Crippen LogP contribution in [-0.4, -0.2) is 33.3 Å². The third kappa shape index (κ3) is 5.18. The molecule has 0 unspecified atom stereocenters. The fourth-order valence-electron chi connectivity index (χ4n) is 4.06. The fraction of sp³-hybridized carbons (Fsp3) is 0.0690. The van der Waals surface area contributed by atoms with Crippen LogP contribution in [-0.2, 0) is 11.4 Å². The number of nitro benzene ring substituents is 1. The molecule has 38 heavy (non-hydrogen) atoms. The van der Waals surface area contributed by atoms with E-state index in [4.69, 9.17) is 4.74 Å². The number of Topliss-reactive ketones (excluding diaryl/α,β-unsaturated/α-hetero) is 1. The second-order valence-corrected chi connectivity index (χ2v) is 9.46. The number of thioether (sulfide) groups is 1. The van der Waals surface area contributed by atoms with Gasteiger partial charge in [0, 0.05) is 23.3 Å². The Labute approximate surface area is 221 Å². The zero-order valence-electron chi connectivity index (χ0n) is 19.9. The summed E-state index contributed by atoms with van der Waals surface area (Å²) in [4.78, 5) is 50.0. The molecule has 0 atom stereocenters. The van der Waals surface area contributed by atoms with Gasteiger partial charge in [0.15, 0.2) is 5.78 Å². The molecule has 4 aromatic carbocycles. The number of fused-ring (bicyclic) bond motifs is 1. The van der Waals surface area contributed by atoms with Gasteiger partial charge in [0.25, 0.3) is 16.8 Å². The van der Waals surface area contributed by atoms with Gasteiger partial charge in [-0.25, -0.2) is 0 Å². The first kappa shape index (κ1) is 24.9. The van der Waals surface area contributed by atoms with Crippen molar-refractivity contribution in [3.05, 3.63) is 123 Å². The molecule has 1 saturated heterocycles. The number of ketones is 1. The molecule has 1 fully saturated rings. The average Bonchev–Trinajstić information content (AvgIpc) is 3.20. The number of rotatable bonds is 8. The second-order valence-electron chi connectivity index (χ2n) is 8.47. The van der Waals surface area contributed by atoms with Crippen molar-refractivity contribution in [1.29, 1.82) is 0 Å². The number of hydrogen-bond donors (Lipinski definition) is 0. The fourth-order valence-corrected chi connectivity index (χ4v) is 4.88. The summed E-state index contributed by atoms with van der Waals surface area (Å²) < 4.78 is 6.11. The molecule has 4 aromatic rings. The van der Waals surface area contributed by atoms with Gasteiger partial charge in [-0.1, -0.05) is 60.7 Å². The second kappa shape index (κ2) is 10.7. The Balaban J connectivity index is 1.42. The molecule has 1 aliphatic rings. The Bertz CT molecular complexity index is 1600. The van der Waals surface area contributed by atoms with Crippen molar-refractivity contribution in [3.63, 3.8) is 0 Å². The first-order valence-corrected chi connectivity index (χ1v) is 12.4. The number of nitrogens with zero attached hydrogens (tertiary/aromatic N) is 2. The Morgan fingerprint density at radius 3 is 2.37 bits per heavy atom. The van der Waals surface area contributed by atoms with Crippen LogP contribution >= 0.6 is 11.8 Å². The summed E-state index contributed by atoms with van der Waals surface area (Å²) in [6, 6.07) is 26.1. The summed E-state index contributed by atoms with van der Waals surface area (Å²) in [6.07, 6.45) is 1.63. The lowest BCUT2D eigenvalue weighted by Gasteiger charge is -2.13. The molecule has 0 bridgehead atoms. The van der Waals surface area contributed by atoms with Crippen molar-refractivity contribution in [2.24, 2.45) is 0 Å². The lowest BCUT2D eigenvalue weighted by atomic mass is 10.0. The maximum absolute atomic E-state index is 13.2. The monoisotopic (exact) mass is 524 g/mol. The highest BCUT2D eigenvalue weighted by atomic mass is 32.2. The number of amides is 2. The maximum Gasteiger partial charge on any atom is 0.293 e. The molecule has 0 aliphatic carbocycles. The van der Waals surface area contributed by atoms with Gasteiger partial charge in [-0.3, -0.25) is 29.4 Å². The van der Waals surface area contributed by atoms with Crippen LogP contribution in [0.15, 0.2) is 95.9 Å². The molecule has 8 nitrogen and oxygen atoms in total. The molecule has 188 valence electrons. The predicted octanol–water partition coefficient (Wildman–Crippen LogP) is 6.25. The maximum atomic E-state index is 13.2. The van der Waals surface area contributed by atoms with Crippen molar-refractivity contribution in [2.75, 3.05) is 6.54 Å². The van der Waals surface area contributed by atoms with Crippen LogP contribution in [0.4, 0.5) is 10.5 Å². The summed E-state index contributed by atoms with van der Waals surface area (Å²) in [5.41, 5.74) is 1.66. The van der Waals surface area contributed by atoms with Crippen molar-refractivity contribution in [2.45, 2.75) is 6.61 Å². The van der Waals surface area contributed by atoms with Crippen LogP contribution in [0.3, 0.4) is 0 Å². The van der Waals surface area contributed by atoms with E-state index >= 15 is 0 Å². The topological polar surface area (TPSA) is 107 Å². The Hall–Kier alpha value is -4.76. The van der Waals surface area contributed by atoms with Crippen LogP contribution in [0.25, 0.3) is 16.8 Å². The zero-order chi connectivity index (χ0) is 26.6. The zero-order valence-corrected chi connectivity index (χ0v) is 20.7. The minimum Gasteiger partial charge on any atom is -0.488 e. The van der Waals surface area contributed by atoms with Gasteiger partial charge in [-0.15, -0.1) is 0 Å². The minimum absolute atomic E-state index is 0.156. The first-order valence-electron chi connectivity index (χ1n) is 11.6. The summed E-state index contributed by atoms with van der Waals surface area (Å²) in [6.45, 7) is -0.141. The van der Waals surface area contributed by atoms with E-state index in [0.717, 1.165) is 33.0 Å². The van der Waals surface area contributed by atoms with Gasteiger partial charge in [-0.2, -0.15) is 0 Å². The van der Waals surface area contributed by atoms with Gasteiger partial charge in [0.05, 0.1) is 16.4 Å². The van der Waals surface area contributed by atoms with E-state index in [2.05, 4.69) is 0 Å². The highest BCUT2D eigenvalue weighted by Crippen LogP contribution is 2.37. The van der Waals surface area contributed by atoms with Crippen LogP contribution in [0.1, 0.15) is 21.5 Å². The van der Waals surface area contributed by atoms with E-state index in [-0.39, 0.29) is 16.2 Å². The van der Waals surface area contributed by atoms with Gasteiger partial charge in [0.1, 0.15) is 12.4 Å². The van der Waals surface area contributed by atoms with E-state index in [1.807, 2.05) is 66.7 Å². The first-order chi connectivity index (χ1) is 18.4. The molecule has 0 radical (unpaired) electrons. The number of ether oxygens (including phenoxy) is 1. The smallest absolute Gasteiger partial charge is 0.293 e. The van der Waals surface area contributed by atoms with E-state index in [1.54, 1.807) is 6.08 Å². The molecule has 0 saturated carbocycles. The van der Waals surface area contributed by atoms with Crippen molar-refractivity contribution < 1.29 is 24.0 Å². The number of imide groups is 1. The number of non-ortho nitro benzene ring substituents is 1. The standard InChI is InChI=1S/C29H20N2O6S/c32-25(21-10-13-22(14-11-21)31(35)36)17-30-28(33)27(38-29(30)34)16-24-23-9-5-4-8-20(23)12-15-26(24)37-18-19-6-2-1-3-7-19/h1-16H,17-18H2/b27-16+. The highest BCUT2D eigenvalue weighted by molar-refractivity contribution is 8.18. The van der Waals surface area contributed by atoms with E-state index in [1.165, 1.54) is 24.3 Å². The van der Waals surface area contributed by atoms with Gasteiger partial charge >= 0.3 is 0 Å². The molecular formula is C29H20N2O6S. The molecule has 0 aromatic heterocycles. The van der Waals surface area contributed by atoms with E-state index in [9.17, 15) is 24.5 Å². The Kier molecular flexibility index (Phi) is 7.01. The van der Waals surface area contributed by atoms with Gasteiger partial charge < -0.3 is 4.74 Å². The predicted molar refractivity (Wildman–Crippen MR) is 145 cm³/mol. The van der Waals surface area contributed by atoms with Crippen molar-refractivity contribution in [1.82, 2.24) is 4.90 Å². The lowest BCUT2D eigenvalue weighted by molar-refractivity contribution is -0.384. The number of nitro groups is 1. The van der Waals surface area contributed by atoms with E-state index < -0.39 is 28.4 Å². The van der Waals surface area contributed by atoms with Gasteiger partial charge in [-0.05, 0) is 52.4 Å². The third-order valence-corrected chi connectivity index (χ3v) is 6.93. The molecule has 1 aliphatic heterocycles. The van der Waals surface area contributed by atoms with Crippen LogP contribution in [0.2, 0.25) is 0 Å². The molecule has 1 heterocycles. The largest absolute Gasteiger partial charge is 0.488 e. The molecule has 5 rings (SSSR count). The number of benzene rings is 4. The molecular weight excluding hydrogens is 504 g/mol. The summed E-state index contributed by atoms with van der Waals surface area (Å²) in [5, 5.41) is 12.1. The summed E-state index contributed by atoms with van der Waals surface area (Å²) in [7, 11) is 0. The average molecular weight is 525 g/mol. The van der Waals surface area contributed by atoms with Crippen LogP contribution < -0.4 is 4.74 Å². The molecule has 0 N–H and O–H groups in total. The minimum atomic E-state index is -0.586. The third-order valence-electron chi connectivity index (χ3n) is 6.02. The quantitative estimate of drug-likeness (QED) is 0.116. The number of carbonyl (C=O) groups excluding carboxylic acids is 3. The van der Waals surface area contributed by atoms with Crippen molar-refractivity contribution in [3.8, 4) is 5.75 Å². The van der Waals surface area contributed by atoms with Crippen LogP contribution in [0, 0.1) is 10.1 Å². The Morgan fingerprint density at radius 1 is 0.921 bits per heavy atom. The SMILES string of the molecule is O=C(CN1C(=O)S/C(=C/c2c(OCc3ccccc3)ccc3ccccc23)C1=O)c1ccc([N+](=O)[O-])cc1. The van der Waals surface area contributed by atoms with E-state index in [0.29, 0.717) is 17.9 Å². The number of carbonyl (C=O) groups is 3. The Morgan fingerprint density at radius 2 is 1.63 bits per heavy atom. The normalized spacial score (nSPS) is 14.3. The lowest BCUT2D eigenvalue weighted by Crippen LogP contribution is -2.33. The highest BCUT2D eigenvalue weighted by Gasteiger charge is 2.36. The summed E-state index contributed by atoms with van der Waals surface area (Å²) >= 11 is 0.753. The summed E-state index contributed by atoms with van der Waals surface area (Å²) in [5.74, 6) is -0.529. The molecule has 2 amide bonds. The van der Waals surface area contributed by atoms with Crippen LogP contribution in [0.5, 0.6) is 5.75 Å². The molecule has 0 spiro atoms. The molecule has 9 heteroatoms. The van der Waals surface area contributed by atoms with Crippen molar-refractivity contribution >= 4 is 51.2 Å². The van der Waals surface area contributed by atoms with Gasteiger partial charge in [0.2, 0.25) is 0 Å². The number of hydrogen-bond acceptors (Lipinski definition) is 7.